The summed E-state index contributed by atoms with van der Waals surface area (Å²) in [5.74, 6) is -0.770. The van der Waals surface area contributed by atoms with Crippen LogP contribution in [0.4, 0.5) is 26.4 Å². The van der Waals surface area contributed by atoms with Gasteiger partial charge in [0.05, 0.1) is 11.9 Å². The Balaban J connectivity index is 1.46. The summed E-state index contributed by atoms with van der Waals surface area (Å²) >= 11 is 5.73. The van der Waals surface area contributed by atoms with Crippen LogP contribution in [0.2, 0.25) is 5.02 Å². The van der Waals surface area contributed by atoms with E-state index in [0.29, 0.717) is 36.2 Å². The third-order valence-electron chi connectivity index (χ3n) is 5.50. The van der Waals surface area contributed by atoms with Crippen molar-refractivity contribution in [2.75, 3.05) is 27.7 Å². The van der Waals surface area contributed by atoms with E-state index in [1.165, 1.54) is 18.3 Å². The Morgan fingerprint density at radius 2 is 1.92 bits per heavy atom. The Hall–Kier alpha value is -3.70. The SMILES string of the molecule is CS(=O)(=O)Nc1ncccc1-c1ccc(N2CCCC(NC(=O)Nc3ccc(Cl)cc3F)C2=O)cc1. The number of piperidine rings is 1. The molecule has 1 unspecified atom stereocenters. The van der Waals surface area contributed by atoms with E-state index < -0.39 is 27.9 Å². The first-order valence-corrected chi connectivity index (χ1v) is 13.2. The van der Waals surface area contributed by atoms with Crippen LogP contribution >= 0.6 is 11.6 Å². The molecule has 3 amide bonds. The third kappa shape index (κ3) is 6.10. The van der Waals surface area contributed by atoms with Crippen molar-refractivity contribution in [3.05, 3.63) is 71.6 Å². The molecule has 0 saturated carbocycles. The van der Waals surface area contributed by atoms with Crippen LogP contribution in [-0.2, 0) is 14.8 Å². The number of aromatic nitrogens is 1. The molecule has 2 aromatic carbocycles. The van der Waals surface area contributed by atoms with Crippen LogP contribution in [0.3, 0.4) is 0 Å². The highest BCUT2D eigenvalue weighted by atomic mass is 35.5. The second-order valence-electron chi connectivity index (χ2n) is 8.23. The molecule has 0 spiro atoms. The maximum atomic E-state index is 14.0. The number of benzene rings is 2. The highest BCUT2D eigenvalue weighted by Crippen LogP contribution is 2.30. The lowest BCUT2D eigenvalue weighted by molar-refractivity contribution is -0.121. The van der Waals surface area contributed by atoms with Gasteiger partial charge in [0.25, 0.3) is 0 Å². The summed E-state index contributed by atoms with van der Waals surface area (Å²) in [6.07, 6.45) is 3.63. The molecule has 0 aliphatic carbocycles. The van der Waals surface area contributed by atoms with Crippen molar-refractivity contribution in [2.45, 2.75) is 18.9 Å². The highest BCUT2D eigenvalue weighted by Gasteiger charge is 2.31. The Morgan fingerprint density at radius 3 is 2.61 bits per heavy atom. The number of pyridine rings is 1. The second-order valence-corrected chi connectivity index (χ2v) is 10.4. The fourth-order valence-corrected chi connectivity index (χ4v) is 4.56. The quantitative estimate of drug-likeness (QED) is 0.439. The molecule has 9 nitrogen and oxygen atoms in total. The van der Waals surface area contributed by atoms with E-state index in [4.69, 9.17) is 11.6 Å². The van der Waals surface area contributed by atoms with Crippen LogP contribution in [0, 0.1) is 5.82 Å². The van der Waals surface area contributed by atoms with E-state index >= 15 is 0 Å². The van der Waals surface area contributed by atoms with Gasteiger partial charge in [-0.1, -0.05) is 23.7 Å². The average molecular weight is 532 g/mol. The van der Waals surface area contributed by atoms with Gasteiger partial charge in [-0.25, -0.2) is 22.6 Å². The Kier molecular flexibility index (Phi) is 7.41. The van der Waals surface area contributed by atoms with Crippen LogP contribution < -0.4 is 20.3 Å². The minimum absolute atomic E-state index is 0.0484. The van der Waals surface area contributed by atoms with Crippen LogP contribution in [0.1, 0.15) is 12.8 Å². The molecule has 4 rings (SSSR count). The number of halogens is 2. The number of carbonyl (C=O) groups is 2. The topological polar surface area (TPSA) is 120 Å². The minimum atomic E-state index is -3.51. The van der Waals surface area contributed by atoms with Crippen molar-refractivity contribution >= 4 is 50.8 Å². The van der Waals surface area contributed by atoms with Crippen molar-refractivity contribution in [1.82, 2.24) is 10.3 Å². The molecule has 1 atom stereocenters. The number of nitrogens with one attached hydrogen (secondary N) is 3. The molecule has 36 heavy (non-hydrogen) atoms. The lowest BCUT2D eigenvalue weighted by Crippen LogP contribution is -2.53. The van der Waals surface area contributed by atoms with Gasteiger partial charge in [-0.15, -0.1) is 0 Å². The molecule has 1 aliphatic rings. The molecule has 1 aliphatic heterocycles. The zero-order valence-corrected chi connectivity index (χ0v) is 20.7. The van der Waals surface area contributed by atoms with Gasteiger partial charge in [0.1, 0.15) is 17.7 Å². The van der Waals surface area contributed by atoms with Gasteiger partial charge in [0.15, 0.2) is 0 Å². The van der Waals surface area contributed by atoms with Gasteiger partial charge >= 0.3 is 6.03 Å². The standard InChI is InChI=1S/C24H23ClFN5O4S/c1-36(34,35)30-22-18(4-2-12-27-22)15-6-9-17(10-7-15)31-13-3-5-21(23(31)32)29-24(33)28-20-11-8-16(25)14-19(20)26/h2,4,6-12,14,21H,3,5,13H2,1H3,(H,27,30)(H2,28,29,33). The van der Waals surface area contributed by atoms with Crippen LogP contribution in [0.5, 0.6) is 0 Å². The fourth-order valence-electron chi connectivity index (χ4n) is 3.89. The molecule has 3 N–H and O–H groups in total. The molecule has 0 radical (unpaired) electrons. The van der Waals surface area contributed by atoms with E-state index in [9.17, 15) is 22.4 Å². The van der Waals surface area contributed by atoms with Gasteiger partial charge in [0.2, 0.25) is 15.9 Å². The highest BCUT2D eigenvalue weighted by molar-refractivity contribution is 7.92. The molecule has 188 valence electrons. The number of hydrogen-bond acceptors (Lipinski definition) is 5. The number of anilines is 3. The van der Waals surface area contributed by atoms with Crippen molar-refractivity contribution in [2.24, 2.45) is 0 Å². The lowest BCUT2D eigenvalue weighted by Gasteiger charge is -2.32. The first kappa shape index (κ1) is 25.4. The summed E-state index contributed by atoms with van der Waals surface area (Å²) < 4.78 is 39.7. The predicted octanol–water partition coefficient (Wildman–Crippen LogP) is 4.23. The summed E-state index contributed by atoms with van der Waals surface area (Å²) in [5.41, 5.74) is 1.88. The smallest absolute Gasteiger partial charge is 0.319 e. The zero-order chi connectivity index (χ0) is 25.9. The molecule has 3 aromatic rings. The summed E-state index contributed by atoms with van der Waals surface area (Å²) in [4.78, 5) is 31.2. The molecule has 12 heteroatoms. The van der Waals surface area contributed by atoms with E-state index in [1.807, 2.05) is 0 Å². The van der Waals surface area contributed by atoms with Crippen LogP contribution in [0.25, 0.3) is 11.1 Å². The summed E-state index contributed by atoms with van der Waals surface area (Å²) in [6.45, 7) is 0.470. The summed E-state index contributed by atoms with van der Waals surface area (Å²) in [6, 6.07) is 12.8. The molecule has 2 heterocycles. The van der Waals surface area contributed by atoms with Crippen LogP contribution in [-0.4, -0.2) is 44.2 Å². The Labute approximate surface area is 212 Å². The largest absolute Gasteiger partial charge is 0.326 e. The fraction of sp³-hybridized carbons (Fsp3) is 0.208. The van der Waals surface area contributed by atoms with Crippen molar-refractivity contribution in [1.29, 1.82) is 0 Å². The summed E-state index contributed by atoms with van der Waals surface area (Å²) in [7, 11) is -3.51. The third-order valence-corrected chi connectivity index (χ3v) is 6.30. The number of nitrogens with zero attached hydrogens (tertiary/aromatic N) is 2. The maximum absolute atomic E-state index is 14.0. The lowest BCUT2D eigenvalue weighted by atomic mass is 10.0. The Bertz CT molecular complexity index is 1400. The van der Waals surface area contributed by atoms with Gasteiger partial charge < -0.3 is 15.5 Å². The number of hydrogen-bond donors (Lipinski definition) is 3. The van der Waals surface area contributed by atoms with Crippen LogP contribution in [0.15, 0.2) is 60.8 Å². The maximum Gasteiger partial charge on any atom is 0.319 e. The van der Waals surface area contributed by atoms with E-state index in [1.54, 1.807) is 41.3 Å². The normalized spacial score (nSPS) is 15.9. The first-order valence-electron chi connectivity index (χ1n) is 11.0. The molecular weight excluding hydrogens is 509 g/mol. The van der Waals surface area contributed by atoms with Crippen molar-refractivity contribution < 1.29 is 22.4 Å². The van der Waals surface area contributed by atoms with Crippen molar-refractivity contribution in [3.63, 3.8) is 0 Å². The van der Waals surface area contributed by atoms with E-state index in [0.717, 1.165) is 12.3 Å². The zero-order valence-electron chi connectivity index (χ0n) is 19.2. The molecule has 1 aromatic heterocycles. The van der Waals surface area contributed by atoms with Gasteiger partial charge in [-0.3, -0.25) is 9.52 Å². The minimum Gasteiger partial charge on any atom is -0.326 e. The number of sulfonamides is 1. The number of carbonyl (C=O) groups excluding carboxylic acids is 2. The number of urea groups is 1. The number of amides is 3. The van der Waals surface area contributed by atoms with E-state index in [2.05, 4.69) is 20.3 Å². The molecule has 1 saturated heterocycles. The molecule has 1 fully saturated rings. The number of rotatable bonds is 6. The van der Waals surface area contributed by atoms with Gasteiger partial charge in [-0.2, -0.15) is 0 Å². The predicted molar refractivity (Wildman–Crippen MR) is 137 cm³/mol. The second kappa shape index (κ2) is 10.5. The van der Waals surface area contributed by atoms with Crippen molar-refractivity contribution in [3.8, 4) is 11.1 Å². The Morgan fingerprint density at radius 1 is 1.17 bits per heavy atom. The average Bonchev–Trinajstić information content (AvgIpc) is 2.82. The van der Waals surface area contributed by atoms with Gasteiger partial charge in [0, 0.05) is 29.0 Å². The molecular formula is C24H23ClFN5O4S. The first-order chi connectivity index (χ1) is 17.1. The summed E-state index contributed by atoms with van der Waals surface area (Å²) in [5, 5.41) is 5.21. The molecule has 0 bridgehead atoms. The monoisotopic (exact) mass is 531 g/mol. The van der Waals surface area contributed by atoms with E-state index in [-0.39, 0.29) is 22.4 Å². The van der Waals surface area contributed by atoms with Gasteiger partial charge in [-0.05, 0) is 60.9 Å².